The molecule has 62 heavy (non-hydrogen) atoms. The van der Waals surface area contributed by atoms with Crippen LogP contribution in [0, 0.1) is 0 Å². The number of unbranched alkanes of at least 4 members (excludes halogenated alkanes) is 8. The fourth-order valence-electron chi connectivity index (χ4n) is 6.89. The predicted octanol–water partition coefficient (Wildman–Crippen LogP) is 4.13. The second kappa shape index (κ2) is 36.3. The molecular formula is C46H80N6O10. The van der Waals surface area contributed by atoms with E-state index >= 15 is 0 Å². The van der Waals surface area contributed by atoms with Crippen LogP contribution in [0.2, 0.25) is 0 Å². The van der Waals surface area contributed by atoms with Crippen molar-refractivity contribution in [2.45, 2.75) is 181 Å². The number of ketones is 6. The lowest BCUT2D eigenvalue weighted by atomic mass is 9.98. The summed E-state index contributed by atoms with van der Waals surface area (Å²) in [4.78, 5) is 128. The van der Waals surface area contributed by atoms with Gasteiger partial charge in [-0.05, 0) is 51.4 Å². The van der Waals surface area contributed by atoms with E-state index in [-0.39, 0.29) is 123 Å². The average Bonchev–Trinajstić information content (AvgIpc) is 3.25. The number of Topliss-reactive ketones (excluding diaryl/α,β-unsaturated/α-hetero) is 6. The highest BCUT2D eigenvalue weighted by atomic mass is 16.2. The van der Waals surface area contributed by atoms with Crippen molar-refractivity contribution >= 4 is 58.3 Å². The third-order valence-electron chi connectivity index (χ3n) is 10.9. The molecule has 354 valence electrons. The van der Waals surface area contributed by atoms with E-state index in [0.29, 0.717) is 77.0 Å². The molecule has 0 aliphatic rings. The molecule has 4 amide bonds. The smallest absolute Gasteiger partial charge is 0.237 e. The van der Waals surface area contributed by atoms with Gasteiger partial charge in [0.25, 0.3) is 0 Å². The highest BCUT2D eigenvalue weighted by Crippen LogP contribution is 2.14. The number of hydrogen-bond donors (Lipinski definition) is 4. The van der Waals surface area contributed by atoms with Gasteiger partial charge < -0.3 is 21.3 Å². The first kappa shape index (κ1) is 57.8. The van der Waals surface area contributed by atoms with Gasteiger partial charge in [-0.1, -0.05) is 59.8 Å². The van der Waals surface area contributed by atoms with Crippen LogP contribution in [-0.4, -0.2) is 134 Å². The minimum atomic E-state index is -0.716. The van der Waals surface area contributed by atoms with Crippen LogP contribution in [0.15, 0.2) is 0 Å². The van der Waals surface area contributed by atoms with Gasteiger partial charge in [0.2, 0.25) is 23.6 Å². The van der Waals surface area contributed by atoms with Gasteiger partial charge in [-0.3, -0.25) is 57.7 Å². The molecule has 0 unspecified atom stereocenters. The van der Waals surface area contributed by atoms with E-state index in [0.717, 1.165) is 38.5 Å². The maximum Gasteiger partial charge on any atom is 0.237 e. The Morgan fingerprint density at radius 3 is 1.47 bits per heavy atom. The standard InChI is InChI=1S/C46H80N6O10/c1-7-35(53)22-16-14-15-18-24-39(57)31-51(30-38(56)23-17-12-11-13-19-26-42(58)40(50-43(59)10-4)28-27-36(54)8-2)33-45(61)49-29-21-20-25-41(46(62)48-6)52(32-37(55)9-3)34-44(60)47-5/h40-41H,7-34H2,1-6H3,(H,47,60)(H,48,62)(H,49,61)(H,50,59)/t40-,41-/m0/s1. The monoisotopic (exact) mass is 877 g/mol. The van der Waals surface area contributed by atoms with Crippen LogP contribution >= 0.6 is 0 Å². The normalized spacial score (nSPS) is 12.1. The molecule has 4 N–H and O–H groups in total. The zero-order valence-electron chi connectivity index (χ0n) is 38.9. The minimum absolute atomic E-state index is 0.0402. The molecule has 0 heterocycles. The van der Waals surface area contributed by atoms with E-state index in [9.17, 15) is 47.9 Å². The molecule has 0 saturated heterocycles. The van der Waals surface area contributed by atoms with E-state index in [1.54, 1.807) is 30.6 Å². The topological polar surface area (TPSA) is 225 Å². The Labute approximate surface area is 370 Å². The van der Waals surface area contributed by atoms with Gasteiger partial charge in [0.05, 0.1) is 44.8 Å². The van der Waals surface area contributed by atoms with E-state index in [4.69, 9.17) is 0 Å². The van der Waals surface area contributed by atoms with Gasteiger partial charge in [0.15, 0.2) is 5.78 Å². The largest absolute Gasteiger partial charge is 0.358 e. The highest BCUT2D eigenvalue weighted by Gasteiger charge is 2.28. The lowest BCUT2D eigenvalue weighted by Gasteiger charge is -2.29. The summed E-state index contributed by atoms with van der Waals surface area (Å²) in [6.45, 7) is 6.95. The third kappa shape index (κ3) is 29.2. The summed E-state index contributed by atoms with van der Waals surface area (Å²) < 4.78 is 0. The summed E-state index contributed by atoms with van der Waals surface area (Å²) in [6, 6.07) is -1.38. The molecule has 0 aromatic carbocycles. The lowest BCUT2D eigenvalue weighted by Crippen LogP contribution is -2.51. The number of nitrogens with one attached hydrogen (secondary N) is 4. The second-order valence-electron chi connectivity index (χ2n) is 16.1. The summed E-state index contributed by atoms with van der Waals surface area (Å²) in [5.74, 6) is -1.24. The van der Waals surface area contributed by atoms with E-state index in [2.05, 4.69) is 21.3 Å². The Morgan fingerprint density at radius 2 is 0.952 bits per heavy atom. The van der Waals surface area contributed by atoms with E-state index in [1.807, 2.05) is 6.92 Å². The van der Waals surface area contributed by atoms with E-state index in [1.165, 1.54) is 14.1 Å². The Balaban J connectivity index is 5.18. The molecule has 0 aromatic heterocycles. The molecule has 0 spiro atoms. The summed E-state index contributed by atoms with van der Waals surface area (Å²) in [7, 11) is 2.99. The number of nitrogens with zero attached hydrogens (tertiary/aromatic N) is 2. The first-order valence-corrected chi connectivity index (χ1v) is 23.2. The Kier molecular flexibility index (Phi) is 33.9. The zero-order valence-corrected chi connectivity index (χ0v) is 38.9. The average molecular weight is 877 g/mol. The van der Waals surface area contributed by atoms with Gasteiger partial charge >= 0.3 is 0 Å². The van der Waals surface area contributed by atoms with Crippen LogP contribution in [0.4, 0.5) is 0 Å². The first-order valence-electron chi connectivity index (χ1n) is 23.2. The van der Waals surface area contributed by atoms with Gasteiger partial charge in [0, 0.05) is 78.4 Å². The van der Waals surface area contributed by atoms with Crippen molar-refractivity contribution in [3.8, 4) is 0 Å². The summed E-state index contributed by atoms with van der Waals surface area (Å²) in [5, 5.41) is 10.8. The van der Waals surface area contributed by atoms with Gasteiger partial charge in [-0.15, -0.1) is 0 Å². The van der Waals surface area contributed by atoms with Crippen molar-refractivity contribution in [1.29, 1.82) is 0 Å². The Morgan fingerprint density at radius 1 is 0.435 bits per heavy atom. The lowest BCUT2D eigenvalue weighted by molar-refractivity contribution is -0.132. The van der Waals surface area contributed by atoms with Crippen LogP contribution in [0.1, 0.15) is 169 Å². The van der Waals surface area contributed by atoms with Crippen LogP contribution in [0.3, 0.4) is 0 Å². The summed E-state index contributed by atoms with van der Waals surface area (Å²) >= 11 is 0. The molecule has 2 atom stereocenters. The SMILES string of the molecule is CCC(=O)CCCCCCC(=O)CN(CC(=O)CCCCCCCC(=O)[C@H](CCC(=O)CC)NC(=O)CC)CC(=O)NCCCC[C@@H](C(=O)NC)N(CC(=O)CC)CC(=O)NC. The second-order valence-corrected chi connectivity index (χ2v) is 16.1. The van der Waals surface area contributed by atoms with Crippen molar-refractivity contribution in [1.82, 2.24) is 31.1 Å². The van der Waals surface area contributed by atoms with Crippen molar-refractivity contribution in [3.05, 3.63) is 0 Å². The van der Waals surface area contributed by atoms with Crippen LogP contribution < -0.4 is 21.3 Å². The molecule has 0 saturated carbocycles. The van der Waals surface area contributed by atoms with Crippen LogP contribution in [-0.2, 0) is 47.9 Å². The maximum atomic E-state index is 13.1. The predicted molar refractivity (Wildman–Crippen MR) is 239 cm³/mol. The third-order valence-corrected chi connectivity index (χ3v) is 10.9. The molecule has 0 fully saturated rings. The van der Waals surface area contributed by atoms with Crippen molar-refractivity contribution in [3.63, 3.8) is 0 Å². The quantitative estimate of drug-likeness (QED) is 0.0637. The highest BCUT2D eigenvalue weighted by molar-refractivity contribution is 5.90. The van der Waals surface area contributed by atoms with Crippen molar-refractivity contribution in [2.75, 3.05) is 53.4 Å². The molecule has 16 heteroatoms. The van der Waals surface area contributed by atoms with Gasteiger partial charge in [0.1, 0.15) is 28.9 Å². The Hall–Kier alpha value is -4.18. The molecule has 0 bridgehead atoms. The number of rotatable bonds is 41. The molecule has 0 rings (SSSR count). The van der Waals surface area contributed by atoms with E-state index < -0.39 is 12.1 Å². The Bertz CT molecular complexity index is 1400. The van der Waals surface area contributed by atoms with Gasteiger partial charge in [-0.2, -0.15) is 0 Å². The first-order chi connectivity index (χ1) is 29.6. The fraction of sp³-hybridized carbons (Fsp3) is 0.783. The van der Waals surface area contributed by atoms with Crippen LogP contribution in [0.25, 0.3) is 0 Å². The number of carbonyl (C=O) groups excluding carboxylic acids is 10. The fourth-order valence-corrected chi connectivity index (χ4v) is 6.89. The number of amides is 4. The molecule has 0 radical (unpaired) electrons. The van der Waals surface area contributed by atoms with Gasteiger partial charge in [-0.25, -0.2) is 0 Å². The zero-order chi connectivity index (χ0) is 46.7. The molecule has 0 aromatic rings. The number of carbonyl (C=O) groups is 10. The van der Waals surface area contributed by atoms with Crippen LogP contribution in [0.5, 0.6) is 0 Å². The minimum Gasteiger partial charge on any atom is -0.358 e. The molecular weight excluding hydrogens is 797 g/mol. The van der Waals surface area contributed by atoms with Crippen molar-refractivity contribution in [2.24, 2.45) is 0 Å². The molecule has 0 aliphatic carbocycles. The number of likely N-dealkylation sites (N-methyl/N-ethyl adjacent to an activating group) is 2. The molecule has 16 nitrogen and oxygen atoms in total. The summed E-state index contributed by atoms with van der Waals surface area (Å²) in [6.07, 6.45) is 11.6. The van der Waals surface area contributed by atoms with Crippen molar-refractivity contribution < 1.29 is 47.9 Å². The molecule has 0 aliphatic heterocycles. The maximum absolute atomic E-state index is 13.1. The number of hydrogen-bond acceptors (Lipinski definition) is 12. The summed E-state index contributed by atoms with van der Waals surface area (Å²) in [5.41, 5.74) is 0.